The molecule has 0 unspecified atom stereocenters. The Hall–Kier alpha value is -2.17. The number of nitrogens with two attached hydrogens (primary N) is 1. The highest BCUT2D eigenvalue weighted by Crippen LogP contribution is 2.10. The lowest BCUT2D eigenvalue weighted by Crippen LogP contribution is -2.17. The number of aromatic hydroxyl groups is 1. The average molecular weight is 205 g/mol. The number of aromatic amines is 1. The molecular weight excluding hydrogens is 194 g/mol. The fourth-order valence-electron chi connectivity index (χ4n) is 1.34. The molecule has 0 saturated heterocycles. The number of nitrogens with one attached hydrogen (secondary N) is 1. The van der Waals surface area contributed by atoms with Crippen molar-refractivity contribution < 1.29 is 5.11 Å². The summed E-state index contributed by atoms with van der Waals surface area (Å²) in [5.41, 5.74) is 6.78. The lowest BCUT2D eigenvalue weighted by Gasteiger charge is -2.03. The van der Waals surface area contributed by atoms with Crippen LogP contribution in [0.2, 0.25) is 0 Å². The molecule has 2 aromatic rings. The van der Waals surface area contributed by atoms with E-state index in [0.717, 1.165) is 5.56 Å². The molecule has 0 aliphatic carbocycles. The van der Waals surface area contributed by atoms with E-state index in [0.29, 0.717) is 12.2 Å². The zero-order valence-electron chi connectivity index (χ0n) is 7.97. The SMILES string of the molecule is Nc1ccc(Cn2c(O)c[nH]c2=O)cc1. The maximum Gasteiger partial charge on any atom is 0.328 e. The van der Waals surface area contributed by atoms with Crippen LogP contribution in [0.15, 0.2) is 35.3 Å². The molecule has 5 heteroatoms. The van der Waals surface area contributed by atoms with Crippen LogP contribution in [0.5, 0.6) is 5.88 Å². The second kappa shape index (κ2) is 3.53. The van der Waals surface area contributed by atoms with Gasteiger partial charge in [-0.2, -0.15) is 0 Å². The van der Waals surface area contributed by atoms with E-state index in [9.17, 15) is 9.90 Å². The summed E-state index contributed by atoms with van der Waals surface area (Å²) in [5, 5.41) is 9.35. The van der Waals surface area contributed by atoms with Crippen LogP contribution in [0.25, 0.3) is 0 Å². The van der Waals surface area contributed by atoms with Crippen molar-refractivity contribution >= 4 is 5.69 Å². The minimum absolute atomic E-state index is 0.0724. The van der Waals surface area contributed by atoms with Gasteiger partial charge in [0.25, 0.3) is 0 Å². The quantitative estimate of drug-likeness (QED) is 0.624. The molecule has 0 radical (unpaired) electrons. The molecular formula is C10H11N3O2. The van der Waals surface area contributed by atoms with Crippen molar-refractivity contribution in [2.45, 2.75) is 6.54 Å². The largest absolute Gasteiger partial charge is 0.493 e. The van der Waals surface area contributed by atoms with Gasteiger partial charge in [0.05, 0.1) is 12.7 Å². The predicted octanol–water partition coefficient (Wildman–Crippen LogP) is 0.513. The average Bonchev–Trinajstić information content (AvgIpc) is 2.53. The molecule has 0 aliphatic rings. The summed E-state index contributed by atoms with van der Waals surface area (Å²) in [7, 11) is 0. The van der Waals surface area contributed by atoms with Gasteiger partial charge in [-0.05, 0) is 17.7 Å². The Morgan fingerprint density at radius 2 is 2.00 bits per heavy atom. The first kappa shape index (κ1) is 9.39. The van der Waals surface area contributed by atoms with E-state index >= 15 is 0 Å². The van der Waals surface area contributed by atoms with Gasteiger partial charge in [0.15, 0.2) is 0 Å². The molecule has 78 valence electrons. The Labute approximate surface area is 85.8 Å². The number of benzene rings is 1. The third kappa shape index (κ3) is 1.85. The molecule has 1 aromatic carbocycles. The molecule has 1 aromatic heterocycles. The molecule has 0 fully saturated rings. The number of nitrogen functional groups attached to an aromatic ring is 1. The molecule has 0 amide bonds. The highest BCUT2D eigenvalue weighted by Gasteiger charge is 2.04. The van der Waals surface area contributed by atoms with Crippen LogP contribution >= 0.6 is 0 Å². The van der Waals surface area contributed by atoms with Crippen LogP contribution in [0.4, 0.5) is 5.69 Å². The first-order valence-corrected chi connectivity index (χ1v) is 4.48. The first-order valence-electron chi connectivity index (χ1n) is 4.48. The maximum atomic E-state index is 11.2. The van der Waals surface area contributed by atoms with Gasteiger partial charge >= 0.3 is 5.69 Å². The Bertz CT molecular complexity index is 510. The van der Waals surface area contributed by atoms with Crippen LogP contribution in [-0.4, -0.2) is 14.7 Å². The van der Waals surface area contributed by atoms with Crippen molar-refractivity contribution in [1.29, 1.82) is 0 Å². The predicted molar refractivity (Wildman–Crippen MR) is 56.7 cm³/mol. The third-order valence-electron chi connectivity index (χ3n) is 2.17. The fourth-order valence-corrected chi connectivity index (χ4v) is 1.34. The number of aromatic nitrogens is 2. The monoisotopic (exact) mass is 205 g/mol. The number of anilines is 1. The summed E-state index contributed by atoms with van der Waals surface area (Å²) in [4.78, 5) is 13.6. The van der Waals surface area contributed by atoms with E-state index in [-0.39, 0.29) is 11.6 Å². The molecule has 0 saturated carbocycles. The van der Waals surface area contributed by atoms with Crippen molar-refractivity contribution in [3.63, 3.8) is 0 Å². The highest BCUT2D eigenvalue weighted by atomic mass is 16.3. The first-order chi connectivity index (χ1) is 7.16. The van der Waals surface area contributed by atoms with E-state index in [1.54, 1.807) is 12.1 Å². The number of imidazole rings is 1. The van der Waals surface area contributed by atoms with Crippen LogP contribution < -0.4 is 11.4 Å². The maximum absolute atomic E-state index is 11.2. The number of H-pyrrole nitrogens is 1. The van der Waals surface area contributed by atoms with Gasteiger partial charge in [0.1, 0.15) is 0 Å². The van der Waals surface area contributed by atoms with E-state index in [4.69, 9.17) is 5.73 Å². The van der Waals surface area contributed by atoms with Crippen LogP contribution in [0, 0.1) is 0 Å². The van der Waals surface area contributed by atoms with E-state index in [2.05, 4.69) is 4.98 Å². The topological polar surface area (TPSA) is 84.0 Å². The van der Waals surface area contributed by atoms with Crippen molar-refractivity contribution in [2.75, 3.05) is 5.73 Å². The van der Waals surface area contributed by atoms with Gasteiger partial charge in [0, 0.05) is 5.69 Å². The Balaban J connectivity index is 2.29. The van der Waals surface area contributed by atoms with Crippen LogP contribution in [-0.2, 0) is 6.54 Å². The van der Waals surface area contributed by atoms with Gasteiger partial charge in [-0.15, -0.1) is 0 Å². The minimum atomic E-state index is -0.329. The van der Waals surface area contributed by atoms with Gasteiger partial charge in [0.2, 0.25) is 5.88 Å². The molecule has 0 aliphatic heterocycles. The summed E-state index contributed by atoms with van der Waals surface area (Å²) < 4.78 is 1.24. The number of hydrogen-bond acceptors (Lipinski definition) is 3. The van der Waals surface area contributed by atoms with Gasteiger partial charge < -0.3 is 15.8 Å². The standard InChI is InChI=1S/C10H11N3O2/c11-8-3-1-7(2-4-8)6-13-9(14)5-12-10(13)15/h1-5,14H,6,11H2,(H,12,15). The van der Waals surface area contributed by atoms with Crippen molar-refractivity contribution in [1.82, 2.24) is 9.55 Å². The lowest BCUT2D eigenvalue weighted by molar-refractivity contribution is 0.421. The minimum Gasteiger partial charge on any atom is -0.493 e. The zero-order valence-corrected chi connectivity index (χ0v) is 7.97. The second-order valence-electron chi connectivity index (χ2n) is 3.28. The summed E-state index contributed by atoms with van der Waals surface area (Å²) in [5.74, 6) is -0.0724. The summed E-state index contributed by atoms with van der Waals surface area (Å²) in [6, 6.07) is 7.14. The van der Waals surface area contributed by atoms with Gasteiger partial charge in [-0.1, -0.05) is 12.1 Å². The Morgan fingerprint density at radius 1 is 1.33 bits per heavy atom. The molecule has 0 bridgehead atoms. The van der Waals surface area contributed by atoms with E-state index in [1.807, 2.05) is 12.1 Å². The summed E-state index contributed by atoms with van der Waals surface area (Å²) in [6.45, 7) is 0.328. The smallest absolute Gasteiger partial charge is 0.328 e. The molecule has 5 nitrogen and oxygen atoms in total. The normalized spacial score (nSPS) is 10.4. The summed E-state index contributed by atoms with van der Waals surface area (Å²) >= 11 is 0. The Kier molecular flexibility index (Phi) is 2.21. The zero-order chi connectivity index (χ0) is 10.8. The number of rotatable bonds is 2. The molecule has 4 N–H and O–H groups in total. The lowest BCUT2D eigenvalue weighted by atomic mass is 10.2. The number of nitrogens with zero attached hydrogens (tertiary/aromatic N) is 1. The van der Waals surface area contributed by atoms with Gasteiger partial charge in [-0.25, -0.2) is 4.79 Å². The third-order valence-corrected chi connectivity index (χ3v) is 2.17. The highest BCUT2D eigenvalue weighted by molar-refractivity contribution is 5.39. The molecule has 15 heavy (non-hydrogen) atoms. The van der Waals surface area contributed by atoms with E-state index in [1.165, 1.54) is 10.8 Å². The van der Waals surface area contributed by atoms with Gasteiger partial charge in [-0.3, -0.25) is 4.57 Å². The van der Waals surface area contributed by atoms with E-state index < -0.39 is 0 Å². The van der Waals surface area contributed by atoms with Crippen LogP contribution in [0.3, 0.4) is 0 Å². The van der Waals surface area contributed by atoms with Crippen molar-refractivity contribution in [3.05, 3.63) is 46.5 Å². The molecule has 0 atom stereocenters. The second-order valence-corrected chi connectivity index (χ2v) is 3.28. The number of hydrogen-bond donors (Lipinski definition) is 3. The fraction of sp³-hybridized carbons (Fsp3) is 0.100. The molecule has 0 spiro atoms. The van der Waals surface area contributed by atoms with Crippen LogP contribution in [0.1, 0.15) is 5.56 Å². The van der Waals surface area contributed by atoms with Crippen molar-refractivity contribution in [3.8, 4) is 5.88 Å². The molecule has 2 rings (SSSR count). The molecule has 1 heterocycles. The van der Waals surface area contributed by atoms with Crippen molar-refractivity contribution in [2.24, 2.45) is 0 Å². The Morgan fingerprint density at radius 3 is 2.53 bits per heavy atom. The summed E-state index contributed by atoms with van der Waals surface area (Å²) in [6.07, 6.45) is 1.26.